The number of rotatable bonds is 7. The van der Waals surface area contributed by atoms with Gasteiger partial charge in [0.05, 0.1) is 6.10 Å². The Morgan fingerprint density at radius 3 is 2.70 bits per heavy atom. The molecule has 106 valence electrons. The van der Waals surface area contributed by atoms with Crippen molar-refractivity contribution in [3.8, 4) is 23.7 Å². The zero-order chi connectivity index (χ0) is 15.1. The summed E-state index contributed by atoms with van der Waals surface area (Å²) in [4.78, 5) is 10.4. The molecule has 3 nitrogen and oxygen atoms in total. The van der Waals surface area contributed by atoms with Crippen molar-refractivity contribution in [2.45, 2.75) is 38.7 Å². The average Bonchev–Trinajstić information content (AvgIpc) is 2.40. The van der Waals surface area contributed by atoms with Crippen LogP contribution in [0.3, 0.4) is 0 Å². The lowest BCUT2D eigenvalue weighted by Crippen LogP contribution is -2.08. The molecule has 0 bridgehead atoms. The largest absolute Gasteiger partial charge is 0.389 e. The molecule has 0 saturated heterocycles. The molecule has 0 unspecified atom stereocenters. The lowest BCUT2D eigenvalue weighted by atomic mass is 10.2. The van der Waals surface area contributed by atoms with Crippen LogP contribution in [0.5, 0.6) is 0 Å². The number of hydrogen-bond donors (Lipinski definition) is 2. The number of aliphatic hydroxyl groups excluding tert-OH is 1. The summed E-state index contributed by atoms with van der Waals surface area (Å²) in [6.45, 7) is 2.03. The summed E-state index contributed by atoms with van der Waals surface area (Å²) >= 11 is 0. The van der Waals surface area contributed by atoms with Gasteiger partial charge in [0.2, 0.25) is 5.91 Å². The van der Waals surface area contributed by atoms with Crippen LogP contribution >= 0.6 is 0 Å². The number of hydrogen-bond acceptors (Lipinski definition) is 2. The topological polar surface area (TPSA) is 63.3 Å². The predicted molar refractivity (Wildman–Crippen MR) is 82.3 cm³/mol. The van der Waals surface area contributed by atoms with Crippen molar-refractivity contribution in [1.82, 2.24) is 0 Å². The Balaban J connectivity index is 3.89. The summed E-state index contributed by atoms with van der Waals surface area (Å²) in [5.74, 6) is 10.4. The first-order chi connectivity index (χ1) is 9.66. The van der Waals surface area contributed by atoms with Gasteiger partial charge < -0.3 is 10.8 Å². The molecule has 3 N–H and O–H groups in total. The van der Waals surface area contributed by atoms with E-state index in [4.69, 9.17) is 5.73 Å². The molecule has 1 atom stereocenters. The highest BCUT2D eigenvalue weighted by atomic mass is 16.3. The van der Waals surface area contributed by atoms with E-state index in [2.05, 4.69) is 23.7 Å². The van der Waals surface area contributed by atoms with Crippen LogP contribution in [0.25, 0.3) is 0 Å². The Morgan fingerprint density at radius 2 is 2.00 bits per heavy atom. The molecule has 0 saturated carbocycles. The maximum absolute atomic E-state index is 10.4. The van der Waals surface area contributed by atoms with E-state index in [0.29, 0.717) is 6.42 Å². The molecule has 0 rings (SSSR count). The van der Waals surface area contributed by atoms with E-state index in [1.165, 1.54) is 0 Å². The summed E-state index contributed by atoms with van der Waals surface area (Å²) in [6.07, 6.45) is 12.8. The SMILES string of the molecule is CCC[C@@H](O)/C=C/C=C/C=C/C#CC#CCCC(N)=O. The first-order valence-electron chi connectivity index (χ1n) is 6.61. The molecule has 0 aliphatic heterocycles. The van der Waals surface area contributed by atoms with E-state index in [9.17, 15) is 9.90 Å². The summed E-state index contributed by atoms with van der Waals surface area (Å²) < 4.78 is 0. The van der Waals surface area contributed by atoms with Gasteiger partial charge in [0.1, 0.15) is 0 Å². The quantitative estimate of drug-likeness (QED) is 0.550. The highest BCUT2D eigenvalue weighted by Gasteiger charge is 1.92. The fraction of sp³-hybridized carbons (Fsp3) is 0.353. The molecule has 0 aromatic rings. The van der Waals surface area contributed by atoms with Crippen LogP contribution in [0.15, 0.2) is 36.5 Å². The minimum Gasteiger partial charge on any atom is -0.389 e. The van der Waals surface area contributed by atoms with E-state index in [-0.39, 0.29) is 18.4 Å². The van der Waals surface area contributed by atoms with E-state index in [0.717, 1.165) is 12.8 Å². The van der Waals surface area contributed by atoms with Gasteiger partial charge in [0.25, 0.3) is 0 Å². The summed E-state index contributed by atoms with van der Waals surface area (Å²) in [7, 11) is 0. The number of amides is 1. The third-order valence-electron chi connectivity index (χ3n) is 2.15. The molecule has 0 spiro atoms. The molecule has 0 heterocycles. The first-order valence-corrected chi connectivity index (χ1v) is 6.61. The Bertz CT molecular complexity index is 479. The van der Waals surface area contributed by atoms with Crippen molar-refractivity contribution in [2.75, 3.05) is 0 Å². The average molecular weight is 271 g/mol. The Labute approximate surface area is 121 Å². The zero-order valence-corrected chi connectivity index (χ0v) is 11.8. The van der Waals surface area contributed by atoms with Gasteiger partial charge >= 0.3 is 0 Å². The molecule has 0 fully saturated rings. The lowest BCUT2D eigenvalue weighted by Gasteiger charge is -1.99. The molecular formula is C17H21NO2. The van der Waals surface area contributed by atoms with Crippen molar-refractivity contribution in [3.05, 3.63) is 36.5 Å². The van der Waals surface area contributed by atoms with Gasteiger partial charge in [-0.25, -0.2) is 0 Å². The normalized spacial score (nSPS) is 12.1. The van der Waals surface area contributed by atoms with E-state index < -0.39 is 0 Å². The first kappa shape index (κ1) is 17.8. The van der Waals surface area contributed by atoms with Crippen molar-refractivity contribution < 1.29 is 9.90 Å². The molecule has 0 aromatic carbocycles. The summed E-state index contributed by atoms with van der Waals surface area (Å²) in [5.41, 5.74) is 4.97. The summed E-state index contributed by atoms with van der Waals surface area (Å²) in [6, 6.07) is 0. The second-order valence-electron chi connectivity index (χ2n) is 4.02. The molecule has 0 aliphatic rings. The van der Waals surface area contributed by atoms with Crippen LogP contribution in [0.1, 0.15) is 32.6 Å². The van der Waals surface area contributed by atoms with Crippen molar-refractivity contribution in [3.63, 3.8) is 0 Å². The molecule has 0 radical (unpaired) electrons. The Kier molecular flexibility index (Phi) is 11.7. The molecule has 0 aliphatic carbocycles. The highest BCUT2D eigenvalue weighted by Crippen LogP contribution is 1.97. The van der Waals surface area contributed by atoms with E-state index >= 15 is 0 Å². The third-order valence-corrected chi connectivity index (χ3v) is 2.15. The monoisotopic (exact) mass is 271 g/mol. The maximum Gasteiger partial charge on any atom is 0.218 e. The smallest absolute Gasteiger partial charge is 0.218 e. The fourth-order valence-electron chi connectivity index (χ4n) is 1.19. The van der Waals surface area contributed by atoms with Gasteiger partial charge in [-0.2, -0.15) is 0 Å². The number of primary amides is 1. The number of aliphatic hydroxyl groups is 1. The summed E-state index contributed by atoms with van der Waals surface area (Å²) in [5, 5.41) is 9.42. The van der Waals surface area contributed by atoms with Crippen LogP contribution in [-0.2, 0) is 4.79 Å². The second-order valence-corrected chi connectivity index (χ2v) is 4.02. The van der Waals surface area contributed by atoms with Crippen LogP contribution in [0.4, 0.5) is 0 Å². The fourth-order valence-corrected chi connectivity index (χ4v) is 1.19. The van der Waals surface area contributed by atoms with Gasteiger partial charge in [0, 0.05) is 12.8 Å². The Hall–Kier alpha value is -2.23. The zero-order valence-electron chi connectivity index (χ0n) is 11.8. The van der Waals surface area contributed by atoms with Crippen molar-refractivity contribution in [2.24, 2.45) is 5.73 Å². The van der Waals surface area contributed by atoms with Gasteiger partial charge in [0.15, 0.2) is 0 Å². The molecule has 3 heteroatoms. The van der Waals surface area contributed by atoms with E-state index in [1.54, 1.807) is 18.2 Å². The van der Waals surface area contributed by atoms with Gasteiger partial charge in [-0.15, -0.1) is 0 Å². The van der Waals surface area contributed by atoms with Crippen LogP contribution in [0.2, 0.25) is 0 Å². The van der Waals surface area contributed by atoms with Crippen LogP contribution in [0, 0.1) is 23.7 Å². The Morgan fingerprint density at radius 1 is 1.25 bits per heavy atom. The number of carbonyl (C=O) groups excluding carboxylic acids is 1. The van der Waals surface area contributed by atoms with E-state index in [1.807, 2.05) is 25.2 Å². The van der Waals surface area contributed by atoms with Gasteiger partial charge in [-0.05, 0) is 24.3 Å². The van der Waals surface area contributed by atoms with Crippen LogP contribution < -0.4 is 5.73 Å². The predicted octanol–water partition coefficient (Wildman–Crippen LogP) is 2.09. The van der Waals surface area contributed by atoms with Crippen LogP contribution in [-0.4, -0.2) is 17.1 Å². The highest BCUT2D eigenvalue weighted by molar-refractivity contribution is 5.73. The second kappa shape index (κ2) is 13.2. The number of carbonyl (C=O) groups is 1. The maximum atomic E-state index is 10.4. The molecule has 1 amide bonds. The lowest BCUT2D eigenvalue weighted by molar-refractivity contribution is -0.117. The van der Waals surface area contributed by atoms with Gasteiger partial charge in [-0.3, -0.25) is 4.79 Å². The molecular weight excluding hydrogens is 250 g/mol. The minimum absolute atomic E-state index is 0.267. The standard InChI is InChI=1S/C17H21NO2/c1-2-13-16(19)14-11-9-7-5-3-4-6-8-10-12-15-17(18)20/h3,5,7,9,11,14,16,19H,2,12-13,15H2,1H3,(H2,18,20)/b5-3+,9-7+,14-11+/t16-/m1/s1. The van der Waals surface area contributed by atoms with Gasteiger partial charge in [-0.1, -0.05) is 55.6 Å². The minimum atomic E-state index is -0.371. The molecule has 0 aromatic heterocycles. The number of nitrogens with two attached hydrogens (primary N) is 1. The third kappa shape index (κ3) is 13.8. The van der Waals surface area contributed by atoms with Crippen molar-refractivity contribution in [1.29, 1.82) is 0 Å². The molecule has 20 heavy (non-hydrogen) atoms. The number of allylic oxidation sites excluding steroid dienone is 5. The van der Waals surface area contributed by atoms with Crippen molar-refractivity contribution >= 4 is 5.91 Å².